The van der Waals surface area contributed by atoms with Crippen molar-refractivity contribution >= 4 is 17.7 Å². The average Bonchev–Trinajstić information content (AvgIpc) is 3.56. The Balaban J connectivity index is 1.53. The van der Waals surface area contributed by atoms with Gasteiger partial charge in [-0.1, -0.05) is 23.9 Å². The van der Waals surface area contributed by atoms with E-state index in [-0.39, 0.29) is 17.3 Å². The van der Waals surface area contributed by atoms with Crippen molar-refractivity contribution in [2.24, 2.45) is 0 Å². The van der Waals surface area contributed by atoms with Crippen LogP contribution in [0.15, 0.2) is 52.2 Å². The molecule has 1 N–H and O–H groups in total. The highest BCUT2D eigenvalue weighted by atomic mass is 32.2. The molecule has 0 saturated carbocycles. The summed E-state index contributed by atoms with van der Waals surface area (Å²) in [7, 11) is 1.63. The van der Waals surface area contributed by atoms with Crippen LogP contribution in [0.1, 0.15) is 25.5 Å². The second-order valence-electron chi connectivity index (χ2n) is 7.34. The van der Waals surface area contributed by atoms with E-state index in [9.17, 15) is 4.79 Å². The van der Waals surface area contributed by atoms with Crippen LogP contribution in [0, 0.1) is 0 Å². The van der Waals surface area contributed by atoms with Crippen LogP contribution in [-0.2, 0) is 16.1 Å². The Kier molecular flexibility index (Phi) is 6.93. The molecule has 3 heterocycles. The maximum atomic E-state index is 12.6. The average molecular weight is 443 g/mol. The lowest BCUT2D eigenvalue weighted by atomic mass is 10.2. The molecule has 4 rings (SSSR count). The van der Waals surface area contributed by atoms with Crippen LogP contribution in [0.3, 0.4) is 0 Å². The molecule has 3 aromatic rings. The second-order valence-corrected chi connectivity index (χ2v) is 8.65. The number of benzene rings is 1. The predicted octanol–water partition coefficient (Wildman–Crippen LogP) is 3.37. The van der Waals surface area contributed by atoms with Gasteiger partial charge < -0.3 is 19.2 Å². The fraction of sp³-hybridized carbons (Fsp3) is 0.409. The van der Waals surface area contributed by atoms with Crippen LogP contribution < -0.4 is 10.1 Å². The molecule has 1 aromatic carbocycles. The van der Waals surface area contributed by atoms with Gasteiger partial charge in [0.15, 0.2) is 11.0 Å². The normalized spacial score (nSPS) is 16.9. The number of nitrogens with one attached hydrogen (secondary N) is 1. The van der Waals surface area contributed by atoms with Crippen LogP contribution in [0.5, 0.6) is 5.75 Å². The van der Waals surface area contributed by atoms with Crippen LogP contribution >= 0.6 is 11.8 Å². The number of methoxy groups -OCH3 is 1. The molecule has 0 radical (unpaired) electrons. The van der Waals surface area contributed by atoms with Gasteiger partial charge in [-0.15, -0.1) is 10.2 Å². The molecular formula is C22H26N4O4S. The monoisotopic (exact) mass is 442 g/mol. The fourth-order valence-electron chi connectivity index (χ4n) is 3.43. The third-order valence-corrected chi connectivity index (χ3v) is 6.20. The molecule has 0 unspecified atom stereocenters. The molecule has 1 aliphatic rings. The zero-order valence-corrected chi connectivity index (χ0v) is 18.4. The molecule has 2 aromatic heterocycles. The van der Waals surface area contributed by atoms with E-state index in [1.807, 2.05) is 47.9 Å². The third kappa shape index (κ3) is 5.29. The molecule has 0 aliphatic carbocycles. The van der Waals surface area contributed by atoms with E-state index >= 15 is 0 Å². The summed E-state index contributed by atoms with van der Waals surface area (Å²) in [6, 6.07) is 11.4. The lowest BCUT2D eigenvalue weighted by Crippen LogP contribution is -2.36. The van der Waals surface area contributed by atoms with Crippen LogP contribution in [0.4, 0.5) is 0 Å². The van der Waals surface area contributed by atoms with Crippen molar-refractivity contribution in [3.05, 3.63) is 48.4 Å². The Hall–Kier alpha value is -2.78. The molecule has 1 aliphatic heterocycles. The molecule has 8 nitrogen and oxygen atoms in total. The fourth-order valence-corrected chi connectivity index (χ4v) is 4.30. The van der Waals surface area contributed by atoms with E-state index in [0.29, 0.717) is 24.1 Å². The number of carbonyl (C=O) groups is 1. The van der Waals surface area contributed by atoms with Gasteiger partial charge in [-0.2, -0.15) is 0 Å². The van der Waals surface area contributed by atoms with E-state index in [4.69, 9.17) is 13.9 Å². The number of hydrogen-bond acceptors (Lipinski definition) is 7. The van der Waals surface area contributed by atoms with Gasteiger partial charge in [-0.3, -0.25) is 9.36 Å². The van der Waals surface area contributed by atoms with Gasteiger partial charge in [-0.25, -0.2) is 0 Å². The van der Waals surface area contributed by atoms with Crippen LogP contribution in [0.25, 0.3) is 11.4 Å². The van der Waals surface area contributed by atoms with E-state index in [1.54, 1.807) is 13.4 Å². The highest BCUT2D eigenvalue weighted by molar-refractivity contribution is 8.00. The number of ether oxygens (including phenoxy) is 2. The molecule has 9 heteroatoms. The Bertz CT molecular complexity index is 999. The minimum absolute atomic E-state index is 0.0454. The van der Waals surface area contributed by atoms with Gasteiger partial charge in [0.05, 0.1) is 31.3 Å². The number of hydrogen-bond donors (Lipinski definition) is 1. The molecule has 1 fully saturated rings. The lowest BCUT2D eigenvalue weighted by Gasteiger charge is -2.15. The van der Waals surface area contributed by atoms with E-state index < -0.39 is 0 Å². The number of rotatable bonds is 9. The van der Waals surface area contributed by atoms with Gasteiger partial charge in [0.1, 0.15) is 11.5 Å². The van der Waals surface area contributed by atoms with Gasteiger partial charge in [0, 0.05) is 18.7 Å². The first-order chi connectivity index (χ1) is 15.1. The lowest BCUT2D eigenvalue weighted by molar-refractivity contribution is -0.120. The minimum Gasteiger partial charge on any atom is -0.497 e. The van der Waals surface area contributed by atoms with E-state index in [1.165, 1.54) is 11.8 Å². The Labute approximate surface area is 185 Å². The predicted molar refractivity (Wildman–Crippen MR) is 117 cm³/mol. The Morgan fingerprint density at radius 2 is 2.26 bits per heavy atom. The van der Waals surface area contributed by atoms with Gasteiger partial charge in [0.2, 0.25) is 5.91 Å². The SMILES string of the molecule is COc1cccc(-c2nnc(S[C@@H](C)C(=O)NC[C@@H]3CCCO3)n2Cc2ccco2)c1. The zero-order valence-electron chi connectivity index (χ0n) is 17.6. The first-order valence-corrected chi connectivity index (χ1v) is 11.2. The van der Waals surface area contributed by atoms with E-state index in [2.05, 4.69) is 15.5 Å². The summed E-state index contributed by atoms with van der Waals surface area (Å²) in [5.74, 6) is 2.16. The topological polar surface area (TPSA) is 91.4 Å². The molecular weight excluding hydrogens is 416 g/mol. The Morgan fingerprint density at radius 1 is 1.35 bits per heavy atom. The van der Waals surface area contributed by atoms with Gasteiger partial charge in [-0.05, 0) is 44.0 Å². The highest BCUT2D eigenvalue weighted by Gasteiger charge is 2.23. The zero-order chi connectivity index (χ0) is 21.6. The van der Waals surface area contributed by atoms with Crippen LogP contribution in [-0.4, -0.2) is 52.3 Å². The van der Waals surface area contributed by atoms with Crippen molar-refractivity contribution in [2.75, 3.05) is 20.3 Å². The summed E-state index contributed by atoms with van der Waals surface area (Å²) in [6.07, 6.45) is 3.79. The summed E-state index contributed by atoms with van der Waals surface area (Å²) in [5, 5.41) is 12.1. The summed E-state index contributed by atoms with van der Waals surface area (Å²) in [6.45, 7) is 3.64. The molecule has 164 valence electrons. The van der Waals surface area contributed by atoms with Gasteiger partial charge in [0.25, 0.3) is 0 Å². The molecule has 2 atom stereocenters. The van der Waals surface area contributed by atoms with Crippen molar-refractivity contribution in [1.29, 1.82) is 0 Å². The maximum Gasteiger partial charge on any atom is 0.233 e. The van der Waals surface area contributed by atoms with Crippen molar-refractivity contribution in [3.63, 3.8) is 0 Å². The molecule has 1 saturated heterocycles. The molecule has 0 spiro atoms. The van der Waals surface area contributed by atoms with Crippen molar-refractivity contribution in [3.8, 4) is 17.1 Å². The second kappa shape index (κ2) is 10.0. The van der Waals surface area contributed by atoms with Gasteiger partial charge >= 0.3 is 0 Å². The molecule has 0 bridgehead atoms. The summed E-state index contributed by atoms with van der Waals surface area (Å²) in [4.78, 5) is 12.6. The highest BCUT2D eigenvalue weighted by Crippen LogP contribution is 2.29. The van der Waals surface area contributed by atoms with Crippen molar-refractivity contribution < 1.29 is 18.7 Å². The van der Waals surface area contributed by atoms with Crippen molar-refractivity contribution in [1.82, 2.24) is 20.1 Å². The first-order valence-electron chi connectivity index (χ1n) is 10.3. The van der Waals surface area contributed by atoms with Crippen LogP contribution in [0.2, 0.25) is 0 Å². The summed E-state index contributed by atoms with van der Waals surface area (Å²) in [5.41, 5.74) is 0.876. The number of amides is 1. The van der Waals surface area contributed by atoms with Crippen molar-refractivity contribution in [2.45, 2.75) is 42.8 Å². The largest absolute Gasteiger partial charge is 0.497 e. The number of furan rings is 1. The number of aromatic nitrogens is 3. The molecule has 1 amide bonds. The summed E-state index contributed by atoms with van der Waals surface area (Å²) >= 11 is 1.37. The Morgan fingerprint density at radius 3 is 3.00 bits per heavy atom. The molecule has 31 heavy (non-hydrogen) atoms. The third-order valence-electron chi connectivity index (χ3n) is 5.12. The number of nitrogens with zero attached hydrogens (tertiary/aromatic N) is 3. The standard InChI is InChI=1S/C22H26N4O4S/c1-15(21(27)23-13-18-8-4-10-29-18)31-22-25-24-20(16-6-3-7-17(12-16)28-2)26(22)14-19-9-5-11-30-19/h3,5-7,9,11-12,15,18H,4,8,10,13-14H2,1-2H3,(H,23,27)/t15-,18-/m0/s1. The quantitative estimate of drug-likeness (QED) is 0.508. The first kappa shape index (κ1) is 21.5. The number of carbonyl (C=O) groups excluding carboxylic acids is 1. The van der Waals surface area contributed by atoms with E-state index in [0.717, 1.165) is 36.5 Å². The smallest absolute Gasteiger partial charge is 0.233 e. The minimum atomic E-state index is -0.334. The number of thioether (sulfide) groups is 1. The summed E-state index contributed by atoms with van der Waals surface area (Å²) < 4.78 is 18.4. The maximum absolute atomic E-state index is 12.6.